The summed E-state index contributed by atoms with van der Waals surface area (Å²) in [4.78, 5) is 25.4. The minimum absolute atomic E-state index is 0.161. The third-order valence-corrected chi connectivity index (χ3v) is 5.61. The van der Waals surface area contributed by atoms with Crippen molar-refractivity contribution in [1.82, 2.24) is 19.5 Å². The number of amides is 1. The highest BCUT2D eigenvalue weighted by Gasteiger charge is 2.11. The van der Waals surface area contributed by atoms with Gasteiger partial charge in [0, 0.05) is 49.1 Å². The topological polar surface area (TPSA) is 96.1 Å². The molecule has 9 heteroatoms. The van der Waals surface area contributed by atoms with Crippen LogP contribution in [0, 0.1) is 0 Å². The Bertz CT molecular complexity index is 1380. The van der Waals surface area contributed by atoms with Crippen molar-refractivity contribution in [3.05, 3.63) is 76.8 Å². The van der Waals surface area contributed by atoms with E-state index in [9.17, 15) is 9.59 Å². The summed E-state index contributed by atoms with van der Waals surface area (Å²) in [5, 5.41) is 7.38. The molecule has 4 rings (SSSR count). The number of aromatic nitrogens is 3. The zero-order valence-electron chi connectivity index (χ0n) is 20.0. The molecule has 0 aliphatic carbocycles. The van der Waals surface area contributed by atoms with Crippen LogP contribution in [0.3, 0.4) is 0 Å². The fourth-order valence-corrected chi connectivity index (χ4v) is 3.73. The molecule has 182 valence electrons. The van der Waals surface area contributed by atoms with Crippen molar-refractivity contribution in [3.8, 4) is 28.5 Å². The van der Waals surface area contributed by atoms with Crippen LogP contribution in [0.4, 0.5) is 0 Å². The summed E-state index contributed by atoms with van der Waals surface area (Å²) in [6.45, 7) is 3.10. The second-order valence-electron chi connectivity index (χ2n) is 7.82. The zero-order valence-corrected chi connectivity index (χ0v) is 20.0. The van der Waals surface area contributed by atoms with Gasteiger partial charge in [-0.2, -0.15) is 5.10 Å². The van der Waals surface area contributed by atoms with E-state index in [2.05, 4.69) is 10.4 Å². The Balaban J connectivity index is 1.41. The Labute approximate surface area is 202 Å². The first-order valence-corrected chi connectivity index (χ1v) is 11.3. The number of hydrogen-bond acceptors (Lipinski definition) is 6. The van der Waals surface area contributed by atoms with Crippen molar-refractivity contribution in [1.29, 1.82) is 0 Å². The van der Waals surface area contributed by atoms with Crippen LogP contribution in [0.2, 0.25) is 0 Å². The van der Waals surface area contributed by atoms with Gasteiger partial charge in [0.1, 0.15) is 22.8 Å². The van der Waals surface area contributed by atoms with Gasteiger partial charge in [-0.05, 0) is 49.4 Å². The van der Waals surface area contributed by atoms with Gasteiger partial charge in [-0.3, -0.25) is 9.59 Å². The lowest BCUT2D eigenvalue weighted by Gasteiger charge is -2.11. The predicted octanol–water partition coefficient (Wildman–Crippen LogP) is 3.29. The van der Waals surface area contributed by atoms with Gasteiger partial charge in [0.2, 0.25) is 5.91 Å². The standard InChI is InChI=1S/C26H28N4O5/c1-4-35-20-8-5-18(6-9-20)22-16-23-26(32)29(13-14-30(23)28-22)12-11-25(31)27-17-19-7-10-21(33-2)15-24(19)34-3/h5-10,13-16H,4,11-12,17H2,1-3H3,(H,27,31). The maximum Gasteiger partial charge on any atom is 0.276 e. The van der Waals surface area contributed by atoms with Crippen LogP contribution in [0.5, 0.6) is 17.2 Å². The summed E-state index contributed by atoms with van der Waals surface area (Å²) in [6.07, 6.45) is 3.52. The molecule has 0 aliphatic rings. The third kappa shape index (κ3) is 5.46. The van der Waals surface area contributed by atoms with E-state index in [1.54, 1.807) is 43.3 Å². The highest BCUT2D eigenvalue weighted by atomic mass is 16.5. The van der Waals surface area contributed by atoms with Gasteiger partial charge in [0.25, 0.3) is 5.56 Å². The Morgan fingerprint density at radius 2 is 1.77 bits per heavy atom. The lowest BCUT2D eigenvalue weighted by Crippen LogP contribution is -2.27. The van der Waals surface area contributed by atoms with Gasteiger partial charge in [0.05, 0.1) is 26.5 Å². The van der Waals surface area contributed by atoms with E-state index < -0.39 is 0 Å². The minimum Gasteiger partial charge on any atom is -0.497 e. The molecule has 0 atom stereocenters. The number of nitrogens with zero attached hydrogens (tertiary/aromatic N) is 3. The summed E-state index contributed by atoms with van der Waals surface area (Å²) in [7, 11) is 3.15. The number of ether oxygens (including phenoxy) is 3. The minimum atomic E-state index is -0.207. The smallest absolute Gasteiger partial charge is 0.276 e. The summed E-state index contributed by atoms with van der Waals surface area (Å²) in [5.74, 6) is 1.93. The molecule has 0 aliphatic heterocycles. The predicted molar refractivity (Wildman–Crippen MR) is 132 cm³/mol. The summed E-state index contributed by atoms with van der Waals surface area (Å²) in [6, 6.07) is 14.8. The second kappa shape index (κ2) is 10.8. The normalized spacial score (nSPS) is 10.8. The molecule has 2 heterocycles. The first-order valence-electron chi connectivity index (χ1n) is 11.3. The molecule has 1 N–H and O–H groups in total. The van der Waals surface area contributed by atoms with E-state index in [1.165, 1.54) is 4.57 Å². The van der Waals surface area contributed by atoms with E-state index in [1.807, 2.05) is 43.3 Å². The zero-order chi connectivity index (χ0) is 24.8. The van der Waals surface area contributed by atoms with Crippen LogP contribution in [0.25, 0.3) is 16.8 Å². The fraction of sp³-hybridized carbons (Fsp3) is 0.269. The van der Waals surface area contributed by atoms with Crippen LogP contribution < -0.4 is 25.1 Å². The number of aryl methyl sites for hydroxylation is 1. The third-order valence-electron chi connectivity index (χ3n) is 5.61. The molecule has 0 unspecified atom stereocenters. The van der Waals surface area contributed by atoms with E-state index >= 15 is 0 Å². The molecule has 0 fully saturated rings. The number of carbonyl (C=O) groups excluding carboxylic acids is 1. The van der Waals surface area contributed by atoms with E-state index in [0.29, 0.717) is 35.9 Å². The largest absolute Gasteiger partial charge is 0.497 e. The Hall–Kier alpha value is -4.27. The SMILES string of the molecule is CCOc1ccc(-c2cc3c(=O)n(CCC(=O)NCc4ccc(OC)cc4OC)ccn3n2)cc1. The number of benzene rings is 2. The highest BCUT2D eigenvalue weighted by molar-refractivity contribution is 5.76. The summed E-state index contributed by atoms with van der Waals surface area (Å²) in [5.41, 5.74) is 2.65. The molecule has 4 aromatic rings. The molecule has 0 radical (unpaired) electrons. The lowest BCUT2D eigenvalue weighted by molar-refractivity contribution is -0.121. The number of nitrogens with one attached hydrogen (secondary N) is 1. The van der Waals surface area contributed by atoms with Crippen molar-refractivity contribution in [2.24, 2.45) is 0 Å². The van der Waals surface area contributed by atoms with Gasteiger partial charge >= 0.3 is 0 Å². The number of methoxy groups -OCH3 is 2. The molecule has 35 heavy (non-hydrogen) atoms. The Morgan fingerprint density at radius 1 is 1.00 bits per heavy atom. The van der Waals surface area contributed by atoms with Crippen LogP contribution in [-0.2, 0) is 17.9 Å². The maximum atomic E-state index is 13.0. The Kier molecular flexibility index (Phi) is 7.35. The molecular weight excluding hydrogens is 448 g/mol. The molecule has 0 spiro atoms. The fourth-order valence-electron chi connectivity index (χ4n) is 3.73. The number of fused-ring (bicyclic) bond motifs is 1. The molecule has 2 aromatic heterocycles. The quantitative estimate of drug-likeness (QED) is 0.377. The van der Waals surface area contributed by atoms with E-state index in [0.717, 1.165) is 16.9 Å². The van der Waals surface area contributed by atoms with Crippen LogP contribution in [-0.4, -0.2) is 40.9 Å². The molecule has 0 saturated heterocycles. The van der Waals surface area contributed by atoms with E-state index in [4.69, 9.17) is 14.2 Å². The highest BCUT2D eigenvalue weighted by Crippen LogP contribution is 2.24. The first kappa shape index (κ1) is 23.9. The monoisotopic (exact) mass is 476 g/mol. The molecule has 0 bridgehead atoms. The summed E-state index contributed by atoms with van der Waals surface area (Å²) >= 11 is 0. The van der Waals surface area contributed by atoms with Crippen molar-refractivity contribution in [2.45, 2.75) is 26.4 Å². The first-order chi connectivity index (χ1) is 17.0. The van der Waals surface area contributed by atoms with Gasteiger partial charge in [-0.1, -0.05) is 0 Å². The Morgan fingerprint density at radius 3 is 2.49 bits per heavy atom. The van der Waals surface area contributed by atoms with E-state index in [-0.39, 0.29) is 24.4 Å². The molecule has 9 nitrogen and oxygen atoms in total. The van der Waals surface area contributed by atoms with Crippen molar-refractivity contribution < 1.29 is 19.0 Å². The number of hydrogen-bond donors (Lipinski definition) is 1. The second-order valence-corrected chi connectivity index (χ2v) is 7.82. The number of carbonyl (C=O) groups is 1. The average molecular weight is 477 g/mol. The van der Waals surface area contributed by atoms with Crippen molar-refractivity contribution >= 4 is 11.4 Å². The van der Waals surface area contributed by atoms with Gasteiger partial charge in [-0.25, -0.2) is 4.52 Å². The van der Waals surface area contributed by atoms with Gasteiger partial charge < -0.3 is 24.1 Å². The molecule has 0 saturated carbocycles. The number of rotatable bonds is 10. The average Bonchev–Trinajstić information content (AvgIpc) is 3.33. The maximum absolute atomic E-state index is 13.0. The van der Waals surface area contributed by atoms with Gasteiger partial charge in [-0.15, -0.1) is 0 Å². The van der Waals surface area contributed by atoms with Crippen molar-refractivity contribution in [3.63, 3.8) is 0 Å². The molecular formula is C26H28N4O5. The van der Waals surface area contributed by atoms with Gasteiger partial charge in [0.15, 0.2) is 0 Å². The molecule has 2 aromatic carbocycles. The van der Waals surface area contributed by atoms with Crippen LogP contribution >= 0.6 is 0 Å². The lowest BCUT2D eigenvalue weighted by atomic mass is 10.1. The molecule has 1 amide bonds. The van der Waals surface area contributed by atoms with Crippen LogP contribution in [0.15, 0.2) is 65.7 Å². The van der Waals surface area contributed by atoms with Crippen molar-refractivity contribution in [2.75, 3.05) is 20.8 Å². The summed E-state index contributed by atoms with van der Waals surface area (Å²) < 4.78 is 19.1. The van der Waals surface area contributed by atoms with Crippen LogP contribution in [0.1, 0.15) is 18.9 Å².